The van der Waals surface area contributed by atoms with E-state index in [-0.39, 0.29) is 29.3 Å². The maximum Gasteiger partial charge on any atom is 0.240 e. The van der Waals surface area contributed by atoms with Crippen molar-refractivity contribution in [3.05, 3.63) is 24.0 Å². The molecule has 1 aromatic rings. The molecular weight excluding hydrogens is 297 g/mol. The zero-order valence-corrected chi connectivity index (χ0v) is 11.5. The molecule has 19 heavy (non-hydrogen) atoms. The summed E-state index contributed by atoms with van der Waals surface area (Å²) in [6, 6.07) is 2.91. The predicted octanol–water partition coefficient (Wildman–Crippen LogP) is -0.635. The molecule has 0 bridgehead atoms. The Bertz CT molecular complexity index is 638. The fourth-order valence-electron chi connectivity index (χ4n) is 1.30. The smallest absolute Gasteiger partial charge is 0.240 e. The summed E-state index contributed by atoms with van der Waals surface area (Å²) in [5.74, 6) is -1.12. The van der Waals surface area contributed by atoms with Crippen molar-refractivity contribution in [2.75, 3.05) is 18.0 Å². The number of nitrogen functional groups attached to an aromatic ring is 1. The van der Waals surface area contributed by atoms with Crippen molar-refractivity contribution in [2.24, 2.45) is 5.14 Å². The molecule has 0 atom stereocenters. The fraction of sp³-hybridized carbons (Fsp3) is 0.333. The predicted molar refractivity (Wildman–Crippen MR) is 68.6 cm³/mol. The van der Waals surface area contributed by atoms with E-state index < -0.39 is 25.9 Å². The number of hydrogen-bond acceptors (Lipinski definition) is 5. The van der Waals surface area contributed by atoms with Crippen molar-refractivity contribution >= 4 is 25.7 Å². The summed E-state index contributed by atoms with van der Waals surface area (Å²) in [6.45, 7) is -0.130. The number of rotatable bonds is 6. The van der Waals surface area contributed by atoms with Crippen LogP contribution in [0.2, 0.25) is 0 Å². The van der Waals surface area contributed by atoms with Gasteiger partial charge in [0.2, 0.25) is 20.0 Å². The van der Waals surface area contributed by atoms with Crippen molar-refractivity contribution < 1.29 is 21.2 Å². The molecule has 0 spiro atoms. The monoisotopic (exact) mass is 311 g/mol. The van der Waals surface area contributed by atoms with Gasteiger partial charge in [0.25, 0.3) is 0 Å². The standard InChI is InChI=1S/C9H14FN3O4S2/c10-7-4-8(11)6-9(5-7)19(16,17)13-2-1-3-18(12,14)15/h4-6,13H,1-3,11H2,(H2,12,14,15). The molecule has 0 aliphatic rings. The lowest BCUT2D eigenvalue weighted by Gasteiger charge is -2.07. The van der Waals surface area contributed by atoms with Gasteiger partial charge in [-0.15, -0.1) is 0 Å². The lowest BCUT2D eigenvalue weighted by atomic mass is 10.3. The maximum atomic E-state index is 13.0. The molecule has 108 valence electrons. The van der Waals surface area contributed by atoms with Gasteiger partial charge in [0.15, 0.2) is 0 Å². The first kappa shape index (κ1) is 15.8. The van der Waals surface area contributed by atoms with Gasteiger partial charge in [0.05, 0.1) is 10.6 Å². The van der Waals surface area contributed by atoms with E-state index in [1.54, 1.807) is 0 Å². The van der Waals surface area contributed by atoms with Crippen molar-refractivity contribution in [1.82, 2.24) is 4.72 Å². The van der Waals surface area contributed by atoms with Crippen molar-refractivity contribution in [3.8, 4) is 0 Å². The quantitative estimate of drug-likeness (QED) is 0.475. The second-order valence-corrected chi connectivity index (χ2v) is 7.34. The van der Waals surface area contributed by atoms with Crippen LogP contribution in [0.4, 0.5) is 10.1 Å². The van der Waals surface area contributed by atoms with Crippen LogP contribution in [0, 0.1) is 5.82 Å². The SMILES string of the molecule is Nc1cc(F)cc(S(=O)(=O)NCCCS(N)(=O)=O)c1. The molecule has 0 aliphatic carbocycles. The lowest BCUT2D eigenvalue weighted by Crippen LogP contribution is -2.27. The van der Waals surface area contributed by atoms with Gasteiger partial charge in [-0.05, 0) is 24.6 Å². The number of hydrogen-bond donors (Lipinski definition) is 3. The Hall–Kier alpha value is -1.23. The van der Waals surface area contributed by atoms with Crippen molar-refractivity contribution in [2.45, 2.75) is 11.3 Å². The Morgan fingerprint density at radius 2 is 1.79 bits per heavy atom. The molecule has 10 heteroatoms. The van der Waals surface area contributed by atoms with Gasteiger partial charge in [-0.25, -0.2) is 31.1 Å². The minimum absolute atomic E-state index is 0.0167. The molecule has 0 saturated heterocycles. The van der Waals surface area contributed by atoms with Gasteiger partial charge in [0, 0.05) is 12.2 Å². The van der Waals surface area contributed by atoms with Crippen LogP contribution < -0.4 is 15.6 Å². The lowest BCUT2D eigenvalue weighted by molar-refractivity contribution is 0.574. The largest absolute Gasteiger partial charge is 0.399 e. The topological polar surface area (TPSA) is 132 Å². The van der Waals surface area contributed by atoms with E-state index in [0.29, 0.717) is 0 Å². The first-order valence-electron chi connectivity index (χ1n) is 5.16. The molecule has 5 N–H and O–H groups in total. The van der Waals surface area contributed by atoms with Gasteiger partial charge in [-0.2, -0.15) is 0 Å². The van der Waals surface area contributed by atoms with Crippen LogP contribution in [0.15, 0.2) is 23.1 Å². The number of benzene rings is 1. The number of anilines is 1. The van der Waals surface area contributed by atoms with Crippen molar-refractivity contribution in [1.29, 1.82) is 0 Å². The number of nitrogens with one attached hydrogen (secondary N) is 1. The summed E-state index contributed by atoms with van der Waals surface area (Å²) in [4.78, 5) is -0.319. The van der Waals surface area contributed by atoms with Crippen molar-refractivity contribution in [3.63, 3.8) is 0 Å². The number of nitrogens with two attached hydrogens (primary N) is 2. The highest BCUT2D eigenvalue weighted by molar-refractivity contribution is 7.89. The summed E-state index contributed by atoms with van der Waals surface area (Å²) in [5.41, 5.74) is 5.32. The van der Waals surface area contributed by atoms with E-state index in [4.69, 9.17) is 10.9 Å². The average molecular weight is 311 g/mol. The highest BCUT2D eigenvalue weighted by Crippen LogP contribution is 2.15. The third-order valence-corrected chi connectivity index (χ3v) is 4.40. The highest BCUT2D eigenvalue weighted by atomic mass is 32.2. The molecule has 1 aromatic carbocycles. The van der Waals surface area contributed by atoms with Gasteiger partial charge >= 0.3 is 0 Å². The third kappa shape index (κ3) is 5.51. The van der Waals surface area contributed by atoms with Crippen LogP contribution in [0.25, 0.3) is 0 Å². The normalized spacial score (nSPS) is 12.5. The summed E-state index contributed by atoms with van der Waals surface area (Å²) in [5, 5.41) is 4.77. The second-order valence-electron chi connectivity index (χ2n) is 3.84. The number of sulfonamides is 2. The second kappa shape index (κ2) is 5.82. The van der Waals surface area contributed by atoms with E-state index >= 15 is 0 Å². The Labute approximate surface area is 110 Å². The molecule has 0 heterocycles. The van der Waals surface area contributed by atoms with Crippen LogP contribution in [-0.2, 0) is 20.0 Å². The van der Waals surface area contributed by atoms with E-state index in [9.17, 15) is 21.2 Å². The molecule has 0 unspecified atom stereocenters. The fourth-order valence-corrected chi connectivity index (χ4v) is 2.99. The van der Waals surface area contributed by atoms with Gasteiger partial charge in [0.1, 0.15) is 5.82 Å². The van der Waals surface area contributed by atoms with Crippen LogP contribution in [0.5, 0.6) is 0 Å². The first-order valence-corrected chi connectivity index (χ1v) is 8.36. The van der Waals surface area contributed by atoms with Crippen LogP contribution >= 0.6 is 0 Å². The van der Waals surface area contributed by atoms with Gasteiger partial charge in [-0.3, -0.25) is 0 Å². The summed E-state index contributed by atoms with van der Waals surface area (Å²) in [7, 11) is -7.56. The Balaban J connectivity index is 2.71. The summed E-state index contributed by atoms with van der Waals surface area (Å²) in [6.07, 6.45) is 0.0167. The zero-order chi connectivity index (χ0) is 14.7. The van der Waals surface area contributed by atoms with Gasteiger partial charge < -0.3 is 5.73 Å². The van der Waals surface area contributed by atoms with E-state index in [1.807, 2.05) is 0 Å². The number of halogens is 1. The Kier molecular flexibility index (Phi) is 4.85. The molecule has 0 radical (unpaired) electrons. The molecular formula is C9H14FN3O4S2. The van der Waals surface area contributed by atoms with Crippen LogP contribution in [0.3, 0.4) is 0 Å². The molecule has 0 saturated carbocycles. The molecule has 0 fully saturated rings. The molecule has 7 nitrogen and oxygen atoms in total. The average Bonchev–Trinajstić information content (AvgIpc) is 2.22. The van der Waals surface area contributed by atoms with Gasteiger partial charge in [-0.1, -0.05) is 0 Å². The summed E-state index contributed by atoms with van der Waals surface area (Å²) < 4.78 is 60.0. The molecule has 0 amide bonds. The van der Waals surface area contributed by atoms with E-state index in [0.717, 1.165) is 18.2 Å². The Morgan fingerprint density at radius 3 is 2.32 bits per heavy atom. The van der Waals surface area contributed by atoms with E-state index in [1.165, 1.54) is 0 Å². The molecule has 0 aliphatic heterocycles. The zero-order valence-electron chi connectivity index (χ0n) is 9.84. The van der Waals surface area contributed by atoms with Crippen LogP contribution in [-0.4, -0.2) is 29.1 Å². The third-order valence-electron chi connectivity index (χ3n) is 2.10. The number of primary sulfonamides is 1. The molecule has 0 aromatic heterocycles. The minimum Gasteiger partial charge on any atom is -0.399 e. The van der Waals surface area contributed by atoms with E-state index in [2.05, 4.69) is 4.72 Å². The minimum atomic E-state index is -3.93. The Morgan fingerprint density at radius 1 is 1.16 bits per heavy atom. The summed E-state index contributed by atoms with van der Waals surface area (Å²) >= 11 is 0. The first-order chi connectivity index (χ1) is 8.60. The van der Waals surface area contributed by atoms with Crippen LogP contribution in [0.1, 0.15) is 6.42 Å². The molecule has 1 rings (SSSR count). The highest BCUT2D eigenvalue weighted by Gasteiger charge is 2.15. The maximum absolute atomic E-state index is 13.0.